The van der Waals surface area contributed by atoms with Crippen LogP contribution < -0.4 is 0 Å². The third kappa shape index (κ3) is 4.49. The Morgan fingerprint density at radius 1 is 1.11 bits per heavy atom. The van der Waals surface area contributed by atoms with E-state index in [4.69, 9.17) is 4.74 Å². The lowest BCUT2D eigenvalue weighted by atomic mass is 10.2. The Balaban J connectivity index is 2.66. The van der Waals surface area contributed by atoms with E-state index in [2.05, 4.69) is 0 Å². The maximum atomic E-state index is 12.3. The third-order valence-electron chi connectivity index (χ3n) is 3.16. The minimum absolute atomic E-state index is 0.00806. The van der Waals surface area contributed by atoms with Gasteiger partial charge < -0.3 is 14.5 Å². The van der Waals surface area contributed by atoms with Crippen molar-refractivity contribution in [2.75, 3.05) is 26.2 Å². The van der Waals surface area contributed by atoms with Crippen molar-refractivity contribution in [1.29, 1.82) is 0 Å². The Bertz CT molecular complexity index is 304. The van der Waals surface area contributed by atoms with E-state index in [1.807, 2.05) is 27.7 Å². The van der Waals surface area contributed by atoms with E-state index in [1.165, 1.54) is 0 Å². The summed E-state index contributed by atoms with van der Waals surface area (Å²) >= 11 is 0. The summed E-state index contributed by atoms with van der Waals surface area (Å²) in [6.45, 7) is 10.2. The number of carbonyl (C=O) groups is 2. The van der Waals surface area contributed by atoms with Gasteiger partial charge in [0.1, 0.15) is 0 Å². The summed E-state index contributed by atoms with van der Waals surface area (Å²) in [5.41, 5.74) is 0. The zero-order chi connectivity index (χ0) is 14.4. The predicted octanol–water partition coefficient (Wildman–Crippen LogP) is 1.27. The largest absolute Gasteiger partial charge is 0.372 e. The van der Waals surface area contributed by atoms with Gasteiger partial charge in [-0.3, -0.25) is 9.59 Å². The van der Waals surface area contributed by atoms with E-state index in [0.717, 1.165) is 12.8 Å². The lowest BCUT2D eigenvalue weighted by molar-refractivity contribution is -0.158. The van der Waals surface area contributed by atoms with Gasteiger partial charge in [0.25, 0.3) is 0 Å². The number of ether oxygens (including phenoxy) is 1. The van der Waals surface area contributed by atoms with Gasteiger partial charge in [-0.05, 0) is 26.7 Å². The summed E-state index contributed by atoms with van der Waals surface area (Å²) < 4.78 is 5.58. The summed E-state index contributed by atoms with van der Waals surface area (Å²) in [5, 5.41) is 0. The van der Waals surface area contributed by atoms with Crippen molar-refractivity contribution in [1.82, 2.24) is 9.80 Å². The van der Waals surface area contributed by atoms with Crippen molar-refractivity contribution in [3.63, 3.8) is 0 Å². The molecule has 0 spiro atoms. The average Bonchev–Trinajstić information content (AvgIpc) is 2.35. The van der Waals surface area contributed by atoms with Crippen molar-refractivity contribution >= 4 is 11.8 Å². The predicted molar refractivity (Wildman–Crippen MR) is 73.8 cm³/mol. The number of rotatable bonds is 4. The van der Waals surface area contributed by atoms with E-state index in [1.54, 1.807) is 9.80 Å². The maximum absolute atomic E-state index is 12.3. The number of carbonyl (C=O) groups excluding carboxylic acids is 2. The van der Waals surface area contributed by atoms with Gasteiger partial charge in [-0.15, -0.1) is 0 Å². The summed E-state index contributed by atoms with van der Waals surface area (Å²) in [4.78, 5) is 27.8. The molecule has 5 heteroatoms. The van der Waals surface area contributed by atoms with Gasteiger partial charge in [0.15, 0.2) is 0 Å². The molecule has 0 bridgehead atoms. The number of hydrogen-bond donors (Lipinski definition) is 0. The third-order valence-corrected chi connectivity index (χ3v) is 3.16. The maximum Gasteiger partial charge on any atom is 0.312 e. The zero-order valence-corrected chi connectivity index (χ0v) is 12.5. The van der Waals surface area contributed by atoms with Crippen LogP contribution in [0.15, 0.2) is 0 Å². The highest BCUT2D eigenvalue weighted by atomic mass is 16.5. The Hall–Kier alpha value is -1.10. The first-order chi connectivity index (χ1) is 8.99. The summed E-state index contributed by atoms with van der Waals surface area (Å²) in [6.07, 6.45) is 1.72. The molecule has 2 unspecified atom stereocenters. The van der Waals surface area contributed by atoms with Crippen LogP contribution in [0, 0.1) is 0 Å². The van der Waals surface area contributed by atoms with Gasteiger partial charge in [0, 0.05) is 26.2 Å². The summed E-state index contributed by atoms with van der Waals surface area (Å²) in [5.74, 6) is -0.756. The van der Waals surface area contributed by atoms with Crippen molar-refractivity contribution in [2.45, 2.75) is 52.7 Å². The molecule has 1 heterocycles. The average molecular weight is 270 g/mol. The van der Waals surface area contributed by atoms with Crippen LogP contribution in [0.4, 0.5) is 0 Å². The number of hydrogen-bond acceptors (Lipinski definition) is 3. The second-order valence-electron chi connectivity index (χ2n) is 5.26. The Morgan fingerprint density at radius 2 is 1.58 bits per heavy atom. The van der Waals surface area contributed by atoms with Gasteiger partial charge in [0.2, 0.25) is 0 Å². The van der Waals surface area contributed by atoms with Gasteiger partial charge in [0.05, 0.1) is 12.2 Å². The monoisotopic (exact) mass is 270 g/mol. The van der Waals surface area contributed by atoms with E-state index in [9.17, 15) is 9.59 Å². The fraction of sp³-hybridized carbons (Fsp3) is 0.857. The topological polar surface area (TPSA) is 49.9 Å². The molecule has 2 atom stereocenters. The Morgan fingerprint density at radius 3 is 2.00 bits per heavy atom. The van der Waals surface area contributed by atoms with E-state index in [-0.39, 0.29) is 24.0 Å². The van der Waals surface area contributed by atoms with E-state index < -0.39 is 0 Å². The fourth-order valence-electron chi connectivity index (χ4n) is 2.47. The molecular weight excluding hydrogens is 244 g/mol. The van der Waals surface area contributed by atoms with Crippen LogP contribution in [0.5, 0.6) is 0 Å². The van der Waals surface area contributed by atoms with Gasteiger partial charge >= 0.3 is 11.8 Å². The molecule has 0 aromatic heterocycles. The van der Waals surface area contributed by atoms with Crippen LogP contribution in [0.1, 0.15) is 40.5 Å². The lowest BCUT2D eigenvalue weighted by Crippen LogP contribution is -2.53. The first-order valence-electron chi connectivity index (χ1n) is 7.23. The molecule has 0 saturated carbocycles. The zero-order valence-electron chi connectivity index (χ0n) is 12.5. The quantitative estimate of drug-likeness (QED) is 0.723. The van der Waals surface area contributed by atoms with Crippen molar-refractivity contribution in [3.8, 4) is 0 Å². The smallest absolute Gasteiger partial charge is 0.312 e. The molecule has 0 aromatic carbocycles. The van der Waals surface area contributed by atoms with Crippen LogP contribution in [0.2, 0.25) is 0 Å². The molecule has 0 aliphatic carbocycles. The molecule has 0 radical (unpaired) electrons. The molecular formula is C14H26N2O3. The highest BCUT2D eigenvalue weighted by Gasteiger charge is 2.31. The molecule has 1 rings (SSSR count). The van der Waals surface area contributed by atoms with Crippen LogP contribution >= 0.6 is 0 Å². The summed E-state index contributed by atoms with van der Waals surface area (Å²) in [7, 11) is 0. The second-order valence-corrected chi connectivity index (χ2v) is 5.26. The first-order valence-corrected chi connectivity index (χ1v) is 7.23. The second kappa shape index (κ2) is 7.48. The molecule has 0 N–H and O–H groups in total. The number of morpholine rings is 1. The Kier molecular flexibility index (Phi) is 6.28. The fourth-order valence-corrected chi connectivity index (χ4v) is 2.47. The van der Waals surface area contributed by atoms with E-state index in [0.29, 0.717) is 26.2 Å². The number of amides is 2. The molecule has 1 aliphatic rings. The molecule has 1 fully saturated rings. The van der Waals surface area contributed by atoms with Crippen molar-refractivity contribution in [3.05, 3.63) is 0 Å². The molecule has 0 aromatic rings. The molecule has 2 amide bonds. The standard InChI is InChI=1S/C14H26N2O3/c1-5-7-15(8-6-2)13(17)14(18)16-9-11(3)19-12(4)10-16/h11-12H,5-10H2,1-4H3. The number of nitrogens with zero attached hydrogens (tertiary/aromatic N) is 2. The van der Waals surface area contributed by atoms with Crippen LogP contribution in [0.3, 0.4) is 0 Å². The van der Waals surface area contributed by atoms with E-state index >= 15 is 0 Å². The van der Waals surface area contributed by atoms with Gasteiger partial charge in [-0.1, -0.05) is 13.8 Å². The molecule has 110 valence electrons. The lowest BCUT2D eigenvalue weighted by Gasteiger charge is -2.35. The molecule has 1 aliphatic heterocycles. The Labute approximate surface area is 115 Å². The van der Waals surface area contributed by atoms with Crippen molar-refractivity contribution in [2.24, 2.45) is 0 Å². The van der Waals surface area contributed by atoms with Gasteiger partial charge in [-0.25, -0.2) is 0 Å². The molecule has 1 saturated heterocycles. The normalized spacial score (nSPS) is 23.3. The highest BCUT2D eigenvalue weighted by molar-refractivity contribution is 6.34. The first kappa shape index (κ1) is 16.0. The van der Waals surface area contributed by atoms with Crippen molar-refractivity contribution < 1.29 is 14.3 Å². The summed E-state index contributed by atoms with van der Waals surface area (Å²) in [6, 6.07) is 0. The molecule has 19 heavy (non-hydrogen) atoms. The van der Waals surface area contributed by atoms with Gasteiger partial charge in [-0.2, -0.15) is 0 Å². The highest BCUT2D eigenvalue weighted by Crippen LogP contribution is 2.11. The molecule has 5 nitrogen and oxygen atoms in total. The minimum atomic E-state index is -0.385. The van der Waals surface area contributed by atoms with Crippen LogP contribution in [0.25, 0.3) is 0 Å². The van der Waals surface area contributed by atoms with Crippen LogP contribution in [-0.4, -0.2) is 60.0 Å². The minimum Gasteiger partial charge on any atom is -0.372 e. The SMILES string of the molecule is CCCN(CCC)C(=O)C(=O)N1CC(C)OC(C)C1. The van der Waals surface area contributed by atoms with Crippen LogP contribution in [-0.2, 0) is 14.3 Å².